The van der Waals surface area contributed by atoms with Gasteiger partial charge in [0.05, 0.1) is 11.7 Å². The molecular formula is C21H20ClN5O4. The van der Waals surface area contributed by atoms with Gasteiger partial charge < -0.3 is 18.9 Å². The molecule has 0 saturated heterocycles. The number of pyridine rings is 2. The molecular weight excluding hydrogens is 422 g/mol. The van der Waals surface area contributed by atoms with Gasteiger partial charge in [0.25, 0.3) is 5.89 Å². The summed E-state index contributed by atoms with van der Waals surface area (Å²) < 4.78 is 12.9. The molecule has 10 heteroatoms. The molecule has 0 saturated carbocycles. The van der Waals surface area contributed by atoms with E-state index in [2.05, 4.69) is 20.1 Å². The van der Waals surface area contributed by atoms with Crippen molar-refractivity contribution in [2.45, 2.75) is 39.3 Å². The highest BCUT2D eigenvalue weighted by Crippen LogP contribution is 2.31. The molecule has 0 atom stereocenters. The Morgan fingerprint density at radius 3 is 2.90 bits per heavy atom. The molecule has 9 nitrogen and oxygen atoms in total. The van der Waals surface area contributed by atoms with Crippen LogP contribution in [0.1, 0.15) is 26.7 Å². The van der Waals surface area contributed by atoms with Gasteiger partial charge in [0.15, 0.2) is 0 Å². The number of carbonyl (C=O) groups is 1. The zero-order valence-electron chi connectivity index (χ0n) is 16.9. The summed E-state index contributed by atoms with van der Waals surface area (Å²) >= 11 is 6.26. The number of aromatic nitrogens is 5. The Hall–Kier alpha value is -3.46. The summed E-state index contributed by atoms with van der Waals surface area (Å²) in [5, 5.41) is 14.2. The predicted octanol–water partition coefficient (Wildman–Crippen LogP) is 4.45. The maximum atomic E-state index is 10.8. The molecule has 4 aromatic heterocycles. The number of aryl methyl sites for hydroxylation is 1. The molecule has 160 valence electrons. The number of carboxylic acid groups (broad SMARTS) is 1. The van der Waals surface area contributed by atoms with E-state index >= 15 is 0 Å². The van der Waals surface area contributed by atoms with Crippen molar-refractivity contribution in [3.63, 3.8) is 0 Å². The molecule has 1 N–H and O–H groups in total. The maximum Gasteiger partial charge on any atom is 0.303 e. The lowest BCUT2D eigenvalue weighted by Gasteiger charge is -2.09. The Kier molecular flexibility index (Phi) is 5.85. The van der Waals surface area contributed by atoms with Crippen LogP contribution in [0.5, 0.6) is 5.88 Å². The molecule has 0 aliphatic rings. The van der Waals surface area contributed by atoms with E-state index in [4.69, 9.17) is 26.0 Å². The van der Waals surface area contributed by atoms with Crippen LogP contribution in [0, 0.1) is 0 Å². The first kappa shape index (κ1) is 20.8. The third kappa shape index (κ3) is 4.51. The van der Waals surface area contributed by atoms with Gasteiger partial charge in [0.1, 0.15) is 10.7 Å². The molecule has 4 heterocycles. The number of carboxylic acids is 1. The minimum absolute atomic E-state index is 0.0450. The lowest BCUT2D eigenvalue weighted by Crippen LogP contribution is -2.07. The van der Waals surface area contributed by atoms with E-state index in [0.717, 1.165) is 16.6 Å². The molecule has 0 unspecified atom stereocenters. The molecule has 4 rings (SSSR count). The van der Waals surface area contributed by atoms with Gasteiger partial charge in [0, 0.05) is 42.5 Å². The minimum Gasteiger partial charge on any atom is -0.481 e. The van der Waals surface area contributed by atoms with Crippen molar-refractivity contribution in [2.75, 3.05) is 0 Å². The Morgan fingerprint density at radius 1 is 1.32 bits per heavy atom. The smallest absolute Gasteiger partial charge is 0.303 e. The predicted molar refractivity (Wildman–Crippen MR) is 114 cm³/mol. The first-order valence-corrected chi connectivity index (χ1v) is 10.1. The van der Waals surface area contributed by atoms with E-state index in [1.54, 1.807) is 18.5 Å². The van der Waals surface area contributed by atoms with E-state index in [0.29, 0.717) is 35.3 Å². The van der Waals surface area contributed by atoms with Crippen LogP contribution in [0.3, 0.4) is 0 Å². The Balaban J connectivity index is 1.61. The van der Waals surface area contributed by atoms with E-state index in [1.165, 1.54) is 0 Å². The van der Waals surface area contributed by atoms with Crippen LogP contribution in [-0.4, -0.2) is 41.9 Å². The summed E-state index contributed by atoms with van der Waals surface area (Å²) in [6.07, 6.45) is 5.68. The van der Waals surface area contributed by atoms with Crippen LogP contribution in [-0.2, 0) is 11.3 Å². The van der Waals surface area contributed by atoms with Gasteiger partial charge in [-0.25, -0.2) is 9.97 Å². The van der Waals surface area contributed by atoms with Crippen molar-refractivity contribution in [1.82, 2.24) is 24.7 Å². The molecule has 0 aliphatic heterocycles. The third-order valence-electron chi connectivity index (χ3n) is 4.52. The van der Waals surface area contributed by atoms with Gasteiger partial charge in [0.2, 0.25) is 11.7 Å². The highest BCUT2D eigenvalue weighted by Gasteiger charge is 2.17. The molecule has 0 aliphatic carbocycles. The molecule has 0 radical (unpaired) electrons. The fourth-order valence-corrected chi connectivity index (χ4v) is 3.38. The van der Waals surface area contributed by atoms with Gasteiger partial charge in [-0.3, -0.25) is 4.79 Å². The number of nitrogens with zero attached hydrogens (tertiary/aromatic N) is 5. The van der Waals surface area contributed by atoms with E-state index in [-0.39, 0.29) is 18.4 Å². The monoisotopic (exact) mass is 441 g/mol. The van der Waals surface area contributed by atoms with Gasteiger partial charge in [-0.05, 0) is 38.5 Å². The van der Waals surface area contributed by atoms with Crippen LogP contribution < -0.4 is 4.74 Å². The molecule has 0 fully saturated rings. The SMILES string of the molecule is CC(C)Oc1ncc(-c2nc(-c3ccnc4c3ccn4CCCC(=O)O)no2)cc1Cl. The number of hydrogen-bond acceptors (Lipinski definition) is 7. The van der Waals surface area contributed by atoms with Crippen LogP contribution in [0.25, 0.3) is 33.9 Å². The van der Waals surface area contributed by atoms with Gasteiger partial charge in [-0.2, -0.15) is 4.98 Å². The fourth-order valence-electron chi connectivity index (χ4n) is 3.17. The van der Waals surface area contributed by atoms with E-state index in [9.17, 15) is 4.79 Å². The van der Waals surface area contributed by atoms with Gasteiger partial charge >= 0.3 is 5.97 Å². The first-order valence-electron chi connectivity index (χ1n) is 9.74. The van der Waals surface area contributed by atoms with Gasteiger partial charge in [-0.15, -0.1) is 0 Å². The van der Waals surface area contributed by atoms with Crippen molar-refractivity contribution in [2.24, 2.45) is 0 Å². The lowest BCUT2D eigenvalue weighted by atomic mass is 10.2. The normalized spacial score (nSPS) is 11.4. The highest BCUT2D eigenvalue weighted by molar-refractivity contribution is 6.32. The number of fused-ring (bicyclic) bond motifs is 1. The topological polar surface area (TPSA) is 116 Å². The van der Waals surface area contributed by atoms with Crippen molar-refractivity contribution in [1.29, 1.82) is 0 Å². The number of rotatable bonds is 8. The zero-order chi connectivity index (χ0) is 22.0. The Labute approximate surface area is 182 Å². The summed E-state index contributed by atoms with van der Waals surface area (Å²) in [5.74, 6) is 0.221. The zero-order valence-corrected chi connectivity index (χ0v) is 17.7. The average Bonchev–Trinajstić information content (AvgIpc) is 3.36. The lowest BCUT2D eigenvalue weighted by molar-refractivity contribution is -0.137. The van der Waals surface area contributed by atoms with Crippen LogP contribution in [0.2, 0.25) is 5.02 Å². The van der Waals surface area contributed by atoms with Crippen molar-refractivity contribution in [3.05, 3.63) is 41.8 Å². The first-order chi connectivity index (χ1) is 14.9. The minimum atomic E-state index is -0.817. The molecule has 0 spiro atoms. The molecule has 0 amide bonds. The fraction of sp³-hybridized carbons (Fsp3) is 0.286. The second-order valence-electron chi connectivity index (χ2n) is 7.20. The summed E-state index contributed by atoms with van der Waals surface area (Å²) in [6.45, 7) is 4.34. The molecule has 0 bridgehead atoms. The summed E-state index contributed by atoms with van der Waals surface area (Å²) in [5.41, 5.74) is 2.07. The summed E-state index contributed by atoms with van der Waals surface area (Å²) in [6, 6.07) is 5.39. The largest absolute Gasteiger partial charge is 0.481 e. The maximum absolute atomic E-state index is 10.8. The summed E-state index contributed by atoms with van der Waals surface area (Å²) in [7, 11) is 0. The quantitative estimate of drug-likeness (QED) is 0.426. The Bertz CT molecular complexity index is 1230. The highest BCUT2D eigenvalue weighted by atomic mass is 35.5. The number of aliphatic carboxylic acids is 1. The molecule has 0 aromatic carbocycles. The molecule has 31 heavy (non-hydrogen) atoms. The number of hydrogen-bond donors (Lipinski definition) is 1. The standard InChI is InChI=1S/C21H20ClN5O4/c1-12(2)30-21-16(22)10-13(11-24-21)20-25-18(26-31-20)14-5-7-23-19-15(14)6-9-27(19)8-3-4-17(28)29/h5-7,9-12H,3-4,8H2,1-2H3,(H,28,29). The number of halogens is 1. The van der Waals surface area contributed by atoms with E-state index < -0.39 is 5.97 Å². The van der Waals surface area contributed by atoms with Gasteiger partial charge in [-0.1, -0.05) is 16.8 Å². The van der Waals surface area contributed by atoms with Crippen molar-refractivity contribution >= 4 is 28.6 Å². The second-order valence-corrected chi connectivity index (χ2v) is 7.61. The van der Waals surface area contributed by atoms with Crippen LogP contribution in [0.4, 0.5) is 0 Å². The summed E-state index contributed by atoms with van der Waals surface area (Å²) in [4.78, 5) is 23.9. The Morgan fingerprint density at radius 2 is 2.16 bits per heavy atom. The molecule has 4 aromatic rings. The van der Waals surface area contributed by atoms with E-state index in [1.807, 2.05) is 36.7 Å². The van der Waals surface area contributed by atoms with Crippen LogP contribution >= 0.6 is 11.6 Å². The van der Waals surface area contributed by atoms with Crippen LogP contribution in [0.15, 0.2) is 41.3 Å². The van der Waals surface area contributed by atoms with Crippen molar-refractivity contribution < 1.29 is 19.2 Å². The second kappa shape index (κ2) is 8.73. The third-order valence-corrected chi connectivity index (χ3v) is 4.79. The number of ether oxygens (including phenoxy) is 1. The average molecular weight is 442 g/mol. The van der Waals surface area contributed by atoms with Crippen molar-refractivity contribution in [3.8, 4) is 28.7 Å².